The Bertz CT molecular complexity index is 389. The monoisotopic (exact) mass is 286 g/mol. The predicted molar refractivity (Wildman–Crippen MR) is 76.5 cm³/mol. The van der Waals surface area contributed by atoms with Crippen LogP contribution >= 0.6 is 11.8 Å². The second-order valence-electron chi connectivity index (χ2n) is 4.56. The Hall–Kier alpha value is -1.01. The Morgan fingerprint density at radius 3 is 2.95 bits per heavy atom. The Kier molecular flexibility index (Phi) is 6.94. The van der Waals surface area contributed by atoms with Crippen LogP contribution in [-0.4, -0.2) is 40.8 Å². The minimum Gasteiger partial charge on any atom is -0.396 e. The molecular weight excluding hydrogens is 264 g/mol. The van der Waals surface area contributed by atoms with E-state index in [0.717, 1.165) is 17.9 Å². The third-order valence-electron chi connectivity index (χ3n) is 3.05. The molecule has 19 heavy (non-hydrogen) atoms. The summed E-state index contributed by atoms with van der Waals surface area (Å²) in [6.07, 6.45) is 3.46. The van der Waals surface area contributed by atoms with Crippen LogP contribution in [0.15, 0.2) is 10.6 Å². The third-order valence-corrected chi connectivity index (χ3v) is 3.79. The first-order valence-electron chi connectivity index (χ1n) is 6.49. The van der Waals surface area contributed by atoms with E-state index in [1.54, 1.807) is 17.8 Å². The lowest BCUT2D eigenvalue weighted by atomic mass is 10.1. The molecule has 0 aliphatic heterocycles. The average molecular weight is 286 g/mol. The average Bonchev–Trinajstić information content (AvgIpc) is 2.88. The molecule has 0 spiro atoms. The van der Waals surface area contributed by atoms with E-state index in [-0.39, 0.29) is 30.2 Å². The summed E-state index contributed by atoms with van der Waals surface area (Å²) in [7, 11) is 0. The number of aliphatic hydroxyl groups excluding tert-OH is 1. The normalized spacial score (nSPS) is 14.1. The van der Waals surface area contributed by atoms with Crippen LogP contribution in [0, 0.1) is 0 Å². The van der Waals surface area contributed by atoms with Gasteiger partial charge in [-0.15, -0.1) is 0 Å². The van der Waals surface area contributed by atoms with Crippen molar-refractivity contribution in [2.45, 2.75) is 38.6 Å². The number of hydrogen-bond donors (Lipinski definition) is 2. The number of aliphatic hydroxyl groups is 1. The van der Waals surface area contributed by atoms with Gasteiger partial charge in [-0.2, -0.15) is 11.8 Å². The van der Waals surface area contributed by atoms with Crippen LogP contribution in [0.5, 0.6) is 0 Å². The molecule has 1 aromatic rings. The zero-order chi connectivity index (χ0) is 14.3. The highest BCUT2D eigenvalue weighted by Gasteiger charge is 2.18. The third kappa shape index (κ3) is 4.87. The molecule has 0 aromatic carbocycles. The summed E-state index contributed by atoms with van der Waals surface area (Å²) in [4.78, 5) is 12.0. The lowest BCUT2D eigenvalue weighted by Crippen LogP contribution is -2.37. The van der Waals surface area contributed by atoms with Crippen molar-refractivity contribution in [2.24, 2.45) is 0 Å². The molecule has 0 saturated carbocycles. The van der Waals surface area contributed by atoms with E-state index in [1.165, 1.54) is 0 Å². The molecule has 0 bridgehead atoms. The van der Waals surface area contributed by atoms with Crippen LogP contribution in [-0.2, 0) is 0 Å². The van der Waals surface area contributed by atoms with Gasteiger partial charge >= 0.3 is 0 Å². The van der Waals surface area contributed by atoms with Crippen molar-refractivity contribution in [3.05, 3.63) is 17.5 Å². The summed E-state index contributed by atoms with van der Waals surface area (Å²) < 4.78 is 5.08. The Morgan fingerprint density at radius 1 is 1.63 bits per heavy atom. The first-order chi connectivity index (χ1) is 9.12. The quantitative estimate of drug-likeness (QED) is 0.765. The number of aromatic nitrogens is 1. The van der Waals surface area contributed by atoms with Crippen LogP contribution in [0.25, 0.3) is 0 Å². The maximum absolute atomic E-state index is 12.0. The van der Waals surface area contributed by atoms with E-state index in [9.17, 15) is 4.79 Å². The molecule has 1 heterocycles. The van der Waals surface area contributed by atoms with Crippen LogP contribution in [0.3, 0.4) is 0 Å². The lowest BCUT2D eigenvalue weighted by Gasteiger charge is -2.15. The fourth-order valence-corrected chi connectivity index (χ4v) is 2.30. The van der Waals surface area contributed by atoms with Gasteiger partial charge in [-0.25, -0.2) is 0 Å². The Morgan fingerprint density at radius 2 is 2.37 bits per heavy atom. The lowest BCUT2D eigenvalue weighted by molar-refractivity contribution is 0.0898. The van der Waals surface area contributed by atoms with Crippen LogP contribution in [0.1, 0.15) is 48.9 Å². The molecule has 6 heteroatoms. The number of thioether (sulfide) groups is 1. The van der Waals surface area contributed by atoms with Gasteiger partial charge in [-0.1, -0.05) is 19.0 Å². The van der Waals surface area contributed by atoms with Crippen molar-refractivity contribution in [1.29, 1.82) is 0 Å². The van der Waals surface area contributed by atoms with E-state index in [2.05, 4.69) is 17.4 Å². The highest BCUT2D eigenvalue weighted by Crippen LogP contribution is 2.18. The van der Waals surface area contributed by atoms with Crippen LogP contribution in [0.2, 0.25) is 0 Å². The summed E-state index contributed by atoms with van der Waals surface area (Å²) in [5.41, 5.74) is 0.802. The molecule has 1 aromatic heterocycles. The fraction of sp³-hybridized carbons (Fsp3) is 0.692. The molecule has 0 radical (unpaired) electrons. The van der Waals surface area contributed by atoms with Gasteiger partial charge in [0.15, 0.2) is 0 Å². The first kappa shape index (κ1) is 16.0. The predicted octanol–water partition coefficient (Wildman–Crippen LogP) is 2.03. The number of hydrogen-bond acceptors (Lipinski definition) is 5. The zero-order valence-corrected chi connectivity index (χ0v) is 12.5. The topological polar surface area (TPSA) is 75.4 Å². The van der Waals surface area contributed by atoms with Crippen molar-refractivity contribution in [2.75, 3.05) is 18.6 Å². The van der Waals surface area contributed by atoms with E-state index in [0.29, 0.717) is 6.42 Å². The highest BCUT2D eigenvalue weighted by molar-refractivity contribution is 7.98. The second-order valence-corrected chi connectivity index (χ2v) is 5.47. The van der Waals surface area contributed by atoms with Crippen molar-refractivity contribution in [1.82, 2.24) is 10.5 Å². The molecule has 5 nitrogen and oxygen atoms in total. The van der Waals surface area contributed by atoms with Gasteiger partial charge in [0, 0.05) is 30.4 Å². The SMILES string of the molecule is CCC(C)c1cc(C(=O)NC(CCO)CSC)on1. The summed E-state index contributed by atoms with van der Waals surface area (Å²) in [5.74, 6) is 1.01. The number of rotatable bonds is 8. The van der Waals surface area contributed by atoms with Crippen molar-refractivity contribution in [3.63, 3.8) is 0 Å². The van der Waals surface area contributed by atoms with E-state index in [1.807, 2.05) is 13.2 Å². The molecule has 108 valence electrons. The van der Waals surface area contributed by atoms with Crippen molar-refractivity contribution >= 4 is 17.7 Å². The molecule has 2 atom stereocenters. The smallest absolute Gasteiger partial charge is 0.290 e. The number of amides is 1. The van der Waals surface area contributed by atoms with Crippen molar-refractivity contribution < 1.29 is 14.4 Å². The Balaban J connectivity index is 2.63. The van der Waals surface area contributed by atoms with E-state index in [4.69, 9.17) is 9.63 Å². The van der Waals surface area contributed by atoms with Crippen molar-refractivity contribution in [3.8, 4) is 0 Å². The number of nitrogens with one attached hydrogen (secondary N) is 1. The van der Waals surface area contributed by atoms with E-state index >= 15 is 0 Å². The second kappa shape index (κ2) is 8.22. The minimum absolute atomic E-state index is 0.0513. The maximum atomic E-state index is 12.0. The zero-order valence-electron chi connectivity index (χ0n) is 11.7. The molecule has 2 unspecified atom stereocenters. The highest BCUT2D eigenvalue weighted by atomic mass is 32.2. The van der Waals surface area contributed by atoms with Gasteiger partial charge in [0.05, 0.1) is 5.69 Å². The van der Waals surface area contributed by atoms with E-state index < -0.39 is 0 Å². The molecular formula is C13H22N2O3S. The molecule has 1 amide bonds. The standard InChI is InChI=1S/C13H22N2O3S/c1-4-9(2)11-7-12(18-15-11)13(17)14-10(5-6-16)8-19-3/h7,9-10,16H,4-6,8H2,1-3H3,(H,14,17). The summed E-state index contributed by atoms with van der Waals surface area (Å²) in [5, 5.41) is 15.7. The van der Waals surface area contributed by atoms with Crippen LogP contribution < -0.4 is 5.32 Å². The molecule has 0 fully saturated rings. The van der Waals surface area contributed by atoms with Gasteiger partial charge in [-0.05, 0) is 19.1 Å². The van der Waals surface area contributed by atoms with Gasteiger partial charge in [0.25, 0.3) is 5.91 Å². The van der Waals surface area contributed by atoms with Crippen LogP contribution in [0.4, 0.5) is 0 Å². The van der Waals surface area contributed by atoms with Gasteiger partial charge < -0.3 is 14.9 Å². The molecule has 1 rings (SSSR count). The molecule has 0 aliphatic rings. The molecule has 0 saturated heterocycles. The summed E-state index contributed by atoms with van der Waals surface area (Å²) in [6, 6.07) is 1.64. The van der Waals surface area contributed by atoms with Gasteiger partial charge in [-0.3, -0.25) is 4.79 Å². The largest absolute Gasteiger partial charge is 0.396 e. The fourth-order valence-electron chi connectivity index (χ4n) is 1.65. The number of nitrogens with zero attached hydrogens (tertiary/aromatic N) is 1. The Labute approximate surface area is 118 Å². The molecule has 2 N–H and O–H groups in total. The maximum Gasteiger partial charge on any atom is 0.290 e. The summed E-state index contributed by atoms with van der Waals surface area (Å²) >= 11 is 1.63. The van der Waals surface area contributed by atoms with Gasteiger partial charge in [0.2, 0.25) is 5.76 Å². The summed E-state index contributed by atoms with van der Waals surface area (Å²) in [6.45, 7) is 4.16. The molecule has 0 aliphatic carbocycles. The minimum atomic E-state index is -0.269. The first-order valence-corrected chi connectivity index (χ1v) is 7.89. The number of carbonyl (C=O) groups excluding carboxylic acids is 1. The van der Waals surface area contributed by atoms with Gasteiger partial charge in [0.1, 0.15) is 0 Å². The number of carbonyl (C=O) groups is 1.